The molecule has 127 valence electrons. The van der Waals surface area contributed by atoms with Crippen molar-refractivity contribution in [1.82, 2.24) is 0 Å². The molecule has 21 heavy (non-hydrogen) atoms. The third kappa shape index (κ3) is 10.8. The van der Waals surface area contributed by atoms with Gasteiger partial charge in [-0.3, -0.25) is 0 Å². The summed E-state index contributed by atoms with van der Waals surface area (Å²) in [6.45, 7) is 15.9. The first-order valence-electron chi connectivity index (χ1n) is 7.44. The van der Waals surface area contributed by atoms with Crippen LogP contribution in [0.15, 0.2) is 0 Å². The van der Waals surface area contributed by atoms with Gasteiger partial charge in [0.25, 0.3) is 0 Å². The van der Waals surface area contributed by atoms with E-state index in [0.29, 0.717) is 23.7 Å². The number of nitrogens with one attached hydrogen (secondary N) is 2. The first kappa shape index (κ1) is 25.4. The van der Waals surface area contributed by atoms with Crippen LogP contribution in [0.5, 0.6) is 0 Å². The van der Waals surface area contributed by atoms with E-state index < -0.39 is 11.8 Å². The average molecular weight is 343 g/mol. The Morgan fingerprint density at radius 1 is 0.571 bits per heavy atom. The maximum Gasteiger partial charge on any atom is 2.00 e. The number of hydrogen-bond acceptors (Lipinski definition) is 2. The summed E-state index contributed by atoms with van der Waals surface area (Å²) in [6, 6.07) is 0. The molecule has 0 bridgehead atoms. The molecule has 0 aliphatic carbocycles. The van der Waals surface area contributed by atoms with Gasteiger partial charge in [0.05, 0.1) is 11.8 Å². The van der Waals surface area contributed by atoms with Crippen LogP contribution in [-0.4, -0.2) is 11.8 Å². The molecule has 0 aromatic carbocycles. The Hall–Kier alpha value is -0.554. The van der Waals surface area contributed by atoms with Gasteiger partial charge in [-0.1, -0.05) is 55.4 Å². The van der Waals surface area contributed by atoms with E-state index in [9.17, 15) is 9.59 Å². The molecule has 0 heterocycles. The smallest absolute Gasteiger partial charge is 0.668 e. The Labute approximate surface area is 141 Å². The van der Waals surface area contributed by atoms with Crippen LogP contribution >= 0.6 is 0 Å². The number of carbonyl (C=O) groups is 2. The predicted octanol–water partition coefficient (Wildman–Crippen LogP) is 4.98. The summed E-state index contributed by atoms with van der Waals surface area (Å²) in [4.78, 5) is 21.4. The Morgan fingerprint density at radius 3 is 0.714 bits per heavy atom. The average Bonchev–Trinajstić information content (AvgIpc) is 2.12. The first-order valence-corrected chi connectivity index (χ1v) is 7.44. The molecule has 1 radical (unpaired) electrons. The van der Waals surface area contributed by atoms with E-state index >= 15 is 0 Å². The molecule has 0 aromatic rings. The second-order valence-corrected chi connectivity index (χ2v) is 6.76. The Morgan fingerprint density at radius 2 is 0.714 bits per heavy atom. The van der Waals surface area contributed by atoms with Crippen LogP contribution in [0.25, 0.3) is 11.5 Å². The van der Waals surface area contributed by atoms with E-state index in [1.165, 1.54) is 0 Å². The van der Waals surface area contributed by atoms with Crippen LogP contribution < -0.4 is 0 Å². The normalized spacial score (nSPS) is 11.0. The van der Waals surface area contributed by atoms with Crippen LogP contribution in [-0.2, 0) is 26.4 Å². The van der Waals surface area contributed by atoms with Crippen molar-refractivity contribution >= 4 is 11.8 Å². The van der Waals surface area contributed by atoms with Gasteiger partial charge in [-0.25, -0.2) is 0 Å². The SMILES string of the molecule is CC(C)C(C([NH-])=O)C(C)C.CC(C)C(C([NH-])=O)C(C)C.[Co+2]. The number of carbonyl (C=O) groups excluding carboxylic acids is 2. The largest absolute Gasteiger partial charge is 2.00 e. The quantitative estimate of drug-likeness (QED) is 0.681. The summed E-state index contributed by atoms with van der Waals surface area (Å²) in [6.07, 6.45) is 0. The van der Waals surface area contributed by atoms with Gasteiger partial charge in [-0.05, 0) is 23.7 Å². The number of rotatable bonds is 6. The molecule has 5 heteroatoms. The molecular weight excluding hydrogens is 311 g/mol. The Kier molecular flexibility index (Phi) is 14.6. The molecule has 0 unspecified atom stereocenters. The van der Waals surface area contributed by atoms with Crippen molar-refractivity contribution in [2.24, 2.45) is 35.5 Å². The Balaban J connectivity index is -0.000000295. The molecular formula is C16H32CoN2O2. The number of amides is 2. The molecule has 0 spiro atoms. The first-order chi connectivity index (χ1) is 8.93. The molecule has 0 aliphatic rings. The van der Waals surface area contributed by atoms with Gasteiger partial charge in [0.1, 0.15) is 0 Å². The van der Waals surface area contributed by atoms with Crippen molar-refractivity contribution in [1.29, 1.82) is 0 Å². The van der Waals surface area contributed by atoms with Gasteiger partial charge in [-0.2, -0.15) is 0 Å². The topological polar surface area (TPSA) is 81.7 Å². The summed E-state index contributed by atoms with van der Waals surface area (Å²) in [5.41, 5.74) is 13.9. The van der Waals surface area contributed by atoms with Crippen molar-refractivity contribution in [3.05, 3.63) is 11.5 Å². The third-order valence-corrected chi connectivity index (χ3v) is 3.48. The zero-order valence-corrected chi connectivity index (χ0v) is 15.7. The molecule has 2 N–H and O–H groups in total. The molecule has 0 aliphatic heterocycles. The van der Waals surface area contributed by atoms with E-state index in [0.717, 1.165) is 0 Å². The summed E-state index contributed by atoms with van der Waals surface area (Å²) in [5, 5.41) is 0. The number of hydrogen-bond donors (Lipinski definition) is 0. The molecule has 2 amide bonds. The Bertz CT molecular complexity index is 257. The molecule has 0 atom stereocenters. The fraction of sp³-hybridized carbons (Fsp3) is 0.875. The molecule has 0 rings (SSSR count). The van der Waals surface area contributed by atoms with Gasteiger partial charge in [0.15, 0.2) is 0 Å². The predicted molar refractivity (Wildman–Crippen MR) is 85.0 cm³/mol. The zero-order valence-electron chi connectivity index (χ0n) is 14.6. The van der Waals surface area contributed by atoms with Crippen LogP contribution in [0.4, 0.5) is 0 Å². The van der Waals surface area contributed by atoms with Gasteiger partial charge in [0.2, 0.25) is 0 Å². The second kappa shape index (κ2) is 12.0. The van der Waals surface area contributed by atoms with Crippen molar-refractivity contribution in [2.75, 3.05) is 0 Å². The van der Waals surface area contributed by atoms with Gasteiger partial charge in [0, 0.05) is 11.8 Å². The maximum absolute atomic E-state index is 10.7. The standard InChI is InChI=1S/2C8H17NO.Co/c2*1-5(2)7(6(3)4)8(9)10;/h2*5-7H,1-4H3,(H2,9,10);/q;;+2/p-2. The van der Waals surface area contributed by atoms with Gasteiger partial charge < -0.3 is 21.1 Å². The van der Waals surface area contributed by atoms with Crippen molar-refractivity contribution in [3.8, 4) is 0 Å². The molecule has 4 nitrogen and oxygen atoms in total. The third-order valence-electron chi connectivity index (χ3n) is 3.48. The van der Waals surface area contributed by atoms with Gasteiger partial charge >= 0.3 is 16.8 Å². The van der Waals surface area contributed by atoms with Crippen LogP contribution in [0.2, 0.25) is 0 Å². The van der Waals surface area contributed by atoms with E-state index in [2.05, 4.69) is 0 Å². The summed E-state index contributed by atoms with van der Waals surface area (Å²) in [7, 11) is 0. The van der Waals surface area contributed by atoms with Crippen molar-refractivity contribution in [3.63, 3.8) is 0 Å². The maximum atomic E-state index is 10.7. The molecule has 0 aromatic heterocycles. The van der Waals surface area contributed by atoms with Crippen LogP contribution in [0.1, 0.15) is 55.4 Å². The summed E-state index contributed by atoms with van der Waals surface area (Å²) < 4.78 is 0. The van der Waals surface area contributed by atoms with Gasteiger partial charge in [-0.15, -0.1) is 0 Å². The fourth-order valence-electron chi connectivity index (χ4n) is 2.75. The summed E-state index contributed by atoms with van der Waals surface area (Å²) in [5.74, 6) is 0.167. The molecule has 0 saturated heterocycles. The van der Waals surface area contributed by atoms with E-state index in [1.807, 2.05) is 55.4 Å². The van der Waals surface area contributed by atoms with E-state index in [-0.39, 0.29) is 28.6 Å². The fourth-order valence-corrected chi connectivity index (χ4v) is 2.75. The zero-order chi connectivity index (χ0) is 16.6. The monoisotopic (exact) mass is 343 g/mol. The molecule has 0 fully saturated rings. The van der Waals surface area contributed by atoms with Crippen molar-refractivity contribution in [2.45, 2.75) is 55.4 Å². The second-order valence-electron chi connectivity index (χ2n) is 6.76. The minimum Gasteiger partial charge on any atom is -0.668 e. The summed E-state index contributed by atoms with van der Waals surface area (Å²) >= 11 is 0. The van der Waals surface area contributed by atoms with Crippen molar-refractivity contribution < 1.29 is 26.4 Å². The van der Waals surface area contributed by atoms with E-state index in [4.69, 9.17) is 11.5 Å². The minimum absolute atomic E-state index is 0. The molecule has 0 saturated carbocycles. The van der Waals surface area contributed by atoms with E-state index in [1.54, 1.807) is 0 Å². The van der Waals surface area contributed by atoms with Crippen LogP contribution in [0, 0.1) is 35.5 Å². The minimum atomic E-state index is -0.426. The van der Waals surface area contributed by atoms with Crippen LogP contribution in [0.3, 0.4) is 0 Å².